The van der Waals surface area contributed by atoms with E-state index in [2.05, 4.69) is 5.32 Å². The fourth-order valence-electron chi connectivity index (χ4n) is 2.37. The molecule has 1 saturated carbocycles. The lowest BCUT2D eigenvalue weighted by molar-refractivity contribution is -0.149. The largest absolute Gasteiger partial charge is 0.481 e. The third kappa shape index (κ3) is 5.48. The van der Waals surface area contributed by atoms with Gasteiger partial charge < -0.3 is 10.4 Å². The summed E-state index contributed by atoms with van der Waals surface area (Å²) in [6.07, 6.45) is -2.85. The molecule has 0 heterocycles. The second-order valence-corrected chi connectivity index (χ2v) is 4.85. The lowest BCUT2D eigenvalue weighted by Gasteiger charge is -2.27. The summed E-state index contributed by atoms with van der Waals surface area (Å²) in [5, 5.41) is 11.4. The Morgan fingerprint density at radius 3 is 2.26 bits per heavy atom. The van der Waals surface area contributed by atoms with Gasteiger partial charge in [-0.25, -0.2) is 0 Å². The first kappa shape index (κ1) is 15.8. The van der Waals surface area contributed by atoms with Crippen LogP contribution in [0.3, 0.4) is 0 Å². The molecule has 1 rings (SSSR count). The normalized spacial score (nSPS) is 23.9. The minimum absolute atomic E-state index is 0.0683. The number of hydrogen-bond acceptors (Lipinski definition) is 2. The zero-order valence-corrected chi connectivity index (χ0v) is 10.5. The van der Waals surface area contributed by atoms with Crippen LogP contribution < -0.4 is 5.32 Å². The van der Waals surface area contributed by atoms with Crippen molar-refractivity contribution in [1.29, 1.82) is 0 Å². The van der Waals surface area contributed by atoms with Gasteiger partial charge in [0.15, 0.2) is 0 Å². The number of amides is 1. The van der Waals surface area contributed by atoms with E-state index < -0.39 is 36.3 Å². The van der Waals surface area contributed by atoms with Crippen molar-refractivity contribution >= 4 is 11.9 Å². The maximum absolute atomic E-state index is 11.9. The van der Waals surface area contributed by atoms with Gasteiger partial charge in [0.1, 0.15) is 0 Å². The van der Waals surface area contributed by atoms with E-state index in [0.29, 0.717) is 12.8 Å². The number of rotatable bonds is 5. The van der Waals surface area contributed by atoms with Crippen molar-refractivity contribution in [3.05, 3.63) is 0 Å². The van der Waals surface area contributed by atoms with E-state index in [-0.39, 0.29) is 13.0 Å². The Kier molecular flexibility index (Phi) is 5.62. The number of carbonyl (C=O) groups excluding carboxylic acids is 1. The molecule has 0 saturated heterocycles. The van der Waals surface area contributed by atoms with Gasteiger partial charge in [-0.3, -0.25) is 9.59 Å². The monoisotopic (exact) mass is 281 g/mol. The van der Waals surface area contributed by atoms with Gasteiger partial charge in [-0.2, -0.15) is 13.2 Å². The van der Waals surface area contributed by atoms with Crippen LogP contribution >= 0.6 is 0 Å². The molecule has 2 atom stereocenters. The number of halogens is 3. The molecule has 0 aromatic carbocycles. The summed E-state index contributed by atoms with van der Waals surface area (Å²) in [5.41, 5.74) is 0. The predicted molar refractivity (Wildman–Crippen MR) is 61.4 cm³/mol. The highest BCUT2D eigenvalue weighted by molar-refractivity contribution is 5.84. The Morgan fingerprint density at radius 1 is 1.16 bits per heavy atom. The molecular weight excluding hydrogens is 263 g/mol. The molecule has 0 radical (unpaired) electrons. The molecule has 0 bridgehead atoms. The highest BCUT2D eigenvalue weighted by atomic mass is 19.4. The van der Waals surface area contributed by atoms with Gasteiger partial charge >= 0.3 is 12.1 Å². The van der Waals surface area contributed by atoms with E-state index in [1.54, 1.807) is 0 Å². The molecule has 19 heavy (non-hydrogen) atoms. The lowest BCUT2D eigenvalue weighted by Crippen LogP contribution is -2.40. The van der Waals surface area contributed by atoms with E-state index in [1.807, 2.05) is 0 Å². The Morgan fingerprint density at radius 2 is 1.74 bits per heavy atom. The zero-order chi connectivity index (χ0) is 14.5. The van der Waals surface area contributed by atoms with Crippen LogP contribution in [0.1, 0.15) is 38.5 Å². The van der Waals surface area contributed by atoms with Crippen LogP contribution in [-0.2, 0) is 9.59 Å². The number of carboxylic acid groups (broad SMARTS) is 1. The van der Waals surface area contributed by atoms with Crippen molar-refractivity contribution in [3.8, 4) is 0 Å². The molecule has 0 aromatic rings. The van der Waals surface area contributed by atoms with Crippen LogP contribution in [0.2, 0.25) is 0 Å². The number of aliphatic carboxylic acids is 1. The van der Waals surface area contributed by atoms with E-state index in [9.17, 15) is 22.8 Å². The average Bonchev–Trinajstić information content (AvgIpc) is 2.33. The van der Waals surface area contributed by atoms with Crippen molar-refractivity contribution in [3.63, 3.8) is 0 Å². The van der Waals surface area contributed by atoms with Crippen LogP contribution in [0.4, 0.5) is 13.2 Å². The van der Waals surface area contributed by atoms with Crippen molar-refractivity contribution in [1.82, 2.24) is 5.32 Å². The number of alkyl halides is 3. The van der Waals surface area contributed by atoms with Crippen LogP contribution in [-0.4, -0.2) is 29.7 Å². The SMILES string of the molecule is O=C(O)C1CCCCC1C(=O)NCCCC(F)(F)F. The molecule has 0 aromatic heterocycles. The summed E-state index contributed by atoms with van der Waals surface area (Å²) in [6, 6.07) is 0. The first-order chi connectivity index (χ1) is 8.81. The molecule has 0 spiro atoms. The summed E-state index contributed by atoms with van der Waals surface area (Å²) >= 11 is 0. The van der Waals surface area contributed by atoms with Crippen molar-refractivity contribution in [2.75, 3.05) is 6.54 Å². The second kappa shape index (κ2) is 6.77. The Hall–Kier alpha value is -1.27. The standard InChI is InChI=1S/C12H18F3NO3/c13-12(14,15)6-3-7-16-10(17)8-4-1-2-5-9(8)11(18)19/h8-9H,1-7H2,(H,16,17)(H,18,19). The topological polar surface area (TPSA) is 66.4 Å². The summed E-state index contributed by atoms with van der Waals surface area (Å²) in [5.74, 6) is -2.77. The van der Waals surface area contributed by atoms with Crippen LogP contribution in [0.5, 0.6) is 0 Å². The van der Waals surface area contributed by atoms with Gasteiger partial charge in [0.2, 0.25) is 5.91 Å². The van der Waals surface area contributed by atoms with Gasteiger partial charge in [0.25, 0.3) is 0 Å². The first-order valence-electron chi connectivity index (χ1n) is 6.38. The third-order valence-corrected chi connectivity index (χ3v) is 3.36. The van der Waals surface area contributed by atoms with Gasteiger partial charge in [0, 0.05) is 13.0 Å². The summed E-state index contributed by atoms with van der Waals surface area (Å²) < 4.78 is 35.7. The fourth-order valence-corrected chi connectivity index (χ4v) is 2.37. The fraction of sp³-hybridized carbons (Fsp3) is 0.833. The van der Waals surface area contributed by atoms with E-state index in [1.165, 1.54) is 0 Å². The molecule has 110 valence electrons. The first-order valence-corrected chi connectivity index (χ1v) is 6.38. The van der Waals surface area contributed by atoms with Gasteiger partial charge in [-0.15, -0.1) is 0 Å². The van der Waals surface area contributed by atoms with Gasteiger partial charge in [-0.05, 0) is 19.3 Å². The molecule has 2 unspecified atom stereocenters. The molecule has 0 aliphatic heterocycles. The third-order valence-electron chi connectivity index (χ3n) is 3.36. The van der Waals surface area contributed by atoms with Crippen molar-refractivity contribution < 1.29 is 27.9 Å². The number of hydrogen-bond donors (Lipinski definition) is 2. The second-order valence-electron chi connectivity index (χ2n) is 4.85. The maximum atomic E-state index is 11.9. The minimum atomic E-state index is -4.22. The van der Waals surface area contributed by atoms with E-state index >= 15 is 0 Å². The van der Waals surface area contributed by atoms with Crippen molar-refractivity contribution in [2.24, 2.45) is 11.8 Å². The summed E-state index contributed by atoms with van der Waals surface area (Å²) in [4.78, 5) is 22.8. The van der Waals surface area contributed by atoms with E-state index in [0.717, 1.165) is 12.8 Å². The molecule has 4 nitrogen and oxygen atoms in total. The van der Waals surface area contributed by atoms with Crippen LogP contribution in [0.15, 0.2) is 0 Å². The van der Waals surface area contributed by atoms with Crippen LogP contribution in [0, 0.1) is 11.8 Å². The molecule has 1 fully saturated rings. The summed E-state index contributed by atoms with van der Waals surface area (Å²) in [6.45, 7) is -0.0683. The molecule has 1 amide bonds. The van der Waals surface area contributed by atoms with Gasteiger partial charge in [-0.1, -0.05) is 12.8 Å². The minimum Gasteiger partial charge on any atom is -0.481 e. The highest BCUT2D eigenvalue weighted by Gasteiger charge is 2.35. The van der Waals surface area contributed by atoms with Crippen LogP contribution in [0.25, 0.3) is 0 Å². The molecule has 2 N–H and O–H groups in total. The number of nitrogens with one attached hydrogen (secondary N) is 1. The zero-order valence-electron chi connectivity index (χ0n) is 10.5. The maximum Gasteiger partial charge on any atom is 0.389 e. The Labute approximate surface area is 109 Å². The Balaban J connectivity index is 2.37. The molecule has 1 aliphatic rings. The Bertz CT molecular complexity index is 331. The van der Waals surface area contributed by atoms with E-state index in [4.69, 9.17) is 5.11 Å². The smallest absolute Gasteiger partial charge is 0.389 e. The van der Waals surface area contributed by atoms with Crippen molar-refractivity contribution in [2.45, 2.75) is 44.7 Å². The number of carbonyl (C=O) groups is 2. The molecule has 1 aliphatic carbocycles. The molecular formula is C12H18F3NO3. The predicted octanol–water partition coefficient (Wildman–Crippen LogP) is 2.34. The quantitative estimate of drug-likeness (QED) is 0.760. The lowest BCUT2D eigenvalue weighted by atomic mass is 9.78. The number of carboxylic acids is 1. The average molecular weight is 281 g/mol. The molecule has 7 heteroatoms. The summed E-state index contributed by atoms with van der Waals surface area (Å²) in [7, 11) is 0. The highest BCUT2D eigenvalue weighted by Crippen LogP contribution is 2.30. The van der Waals surface area contributed by atoms with Gasteiger partial charge in [0.05, 0.1) is 11.8 Å².